The topological polar surface area (TPSA) is 49.8 Å². The van der Waals surface area contributed by atoms with Crippen molar-refractivity contribution < 1.29 is 14.6 Å². The third-order valence-corrected chi connectivity index (χ3v) is 4.51. The lowest BCUT2D eigenvalue weighted by molar-refractivity contribution is 0.0627. The zero-order chi connectivity index (χ0) is 16.3. The molecule has 4 nitrogen and oxygen atoms in total. The Morgan fingerprint density at radius 1 is 1.13 bits per heavy atom. The summed E-state index contributed by atoms with van der Waals surface area (Å²) in [5.41, 5.74) is 1.37. The first kappa shape index (κ1) is 15.6. The van der Waals surface area contributed by atoms with Gasteiger partial charge in [-0.1, -0.05) is 60.7 Å². The summed E-state index contributed by atoms with van der Waals surface area (Å²) >= 11 is 0. The van der Waals surface area contributed by atoms with E-state index < -0.39 is 5.54 Å². The first-order chi connectivity index (χ1) is 11.2. The fourth-order valence-corrected chi connectivity index (χ4v) is 3.27. The highest BCUT2D eigenvalue weighted by Gasteiger charge is 2.49. The van der Waals surface area contributed by atoms with Gasteiger partial charge in [-0.2, -0.15) is 0 Å². The van der Waals surface area contributed by atoms with Gasteiger partial charge in [-0.15, -0.1) is 0 Å². The van der Waals surface area contributed by atoms with Crippen molar-refractivity contribution in [3.05, 3.63) is 71.8 Å². The van der Waals surface area contributed by atoms with Crippen molar-refractivity contribution in [1.29, 1.82) is 0 Å². The van der Waals surface area contributed by atoms with Crippen LogP contribution in [0.4, 0.5) is 4.79 Å². The van der Waals surface area contributed by atoms with Gasteiger partial charge in [-0.3, -0.25) is 4.90 Å². The molecule has 0 spiro atoms. The van der Waals surface area contributed by atoms with Crippen LogP contribution in [0, 0.1) is 0 Å². The van der Waals surface area contributed by atoms with Crippen LogP contribution in [0.25, 0.3) is 0 Å². The Kier molecular flexibility index (Phi) is 4.35. The second kappa shape index (κ2) is 6.42. The number of hydrogen-bond donors (Lipinski definition) is 1. The van der Waals surface area contributed by atoms with Gasteiger partial charge in [0.25, 0.3) is 0 Å². The maximum absolute atomic E-state index is 12.3. The van der Waals surface area contributed by atoms with E-state index in [4.69, 9.17) is 4.74 Å². The van der Waals surface area contributed by atoms with Crippen molar-refractivity contribution in [3.8, 4) is 0 Å². The van der Waals surface area contributed by atoms with Crippen molar-refractivity contribution in [2.75, 3.05) is 13.2 Å². The molecule has 23 heavy (non-hydrogen) atoms. The van der Waals surface area contributed by atoms with Gasteiger partial charge in [0.2, 0.25) is 0 Å². The average Bonchev–Trinajstić information content (AvgIpc) is 2.93. The lowest BCUT2D eigenvalue weighted by Crippen LogP contribution is -2.52. The van der Waals surface area contributed by atoms with E-state index in [0.29, 0.717) is 6.42 Å². The molecule has 4 heteroatoms. The van der Waals surface area contributed by atoms with E-state index in [-0.39, 0.29) is 25.3 Å². The summed E-state index contributed by atoms with van der Waals surface area (Å²) in [5, 5.41) is 10.1. The first-order valence-electron chi connectivity index (χ1n) is 7.82. The maximum atomic E-state index is 12.3. The quantitative estimate of drug-likeness (QED) is 0.922. The Bertz CT molecular complexity index is 659. The molecule has 0 radical (unpaired) electrons. The van der Waals surface area contributed by atoms with Crippen LogP contribution in [0.1, 0.15) is 24.1 Å². The molecule has 0 aromatic heterocycles. The molecule has 2 aromatic carbocycles. The Hall–Kier alpha value is -2.33. The molecule has 1 fully saturated rings. The molecule has 0 saturated carbocycles. The van der Waals surface area contributed by atoms with Gasteiger partial charge in [0.15, 0.2) is 0 Å². The highest BCUT2D eigenvalue weighted by atomic mass is 16.6. The Balaban J connectivity index is 1.93. The first-order valence-corrected chi connectivity index (χ1v) is 7.82. The molecule has 0 unspecified atom stereocenters. The summed E-state index contributed by atoms with van der Waals surface area (Å²) in [5.74, 6) is 0. The second-order valence-corrected chi connectivity index (χ2v) is 6.06. The molecule has 3 rings (SSSR count). The van der Waals surface area contributed by atoms with Crippen LogP contribution in [-0.4, -0.2) is 34.9 Å². The van der Waals surface area contributed by atoms with Gasteiger partial charge >= 0.3 is 6.09 Å². The SMILES string of the molecule is C[C@H](c1ccccc1)N1C(=O)OC[C@@]1(CO)Cc1ccccc1. The van der Waals surface area contributed by atoms with Crippen LogP contribution in [0.2, 0.25) is 0 Å². The number of carbonyl (C=O) groups is 1. The van der Waals surface area contributed by atoms with Gasteiger partial charge < -0.3 is 9.84 Å². The van der Waals surface area contributed by atoms with E-state index >= 15 is 0 Å². The third-order valence-electron chi connectivity index (χ3n) is 4.51. The van der Waals surface area contributed by atoms with Crippen LogP contribution < -0.4 is 0 Å². The molecule has 0 bridgehead atoms. The van der Waals surface area contributed by atoms with Crippen molar-refractivity contribution in [3.63, 3.8) is 0 Å². The Morgan fingerprint density at radius 3 is 2.35 bits per heavy atom. The van der Waals surface area contributed by atoms with E-state index in [0.717, 1.165) is 11.1 Å². The Morgan fingerprint density at radius 2 is 1.74 bits per heavy atom. The molecular weight excluding hydrogens is 290 g/mol. The minimum absolute atomic E-state index is 0.134. The summed E-state index contributed by atoms with van der Waals surface area (Å²) in [4.78, 5) is 14.0. The number of cyclic esters (lactones) is 1. The summed E-state index contributed by atoms with van der Waals surface area (Å²) < 4.78 is 5.31. The summed E-state index contributed by atoms with van der Waals surface area (Å²) in [6.07, 6.45) is 0.194. The second-order valence-electron chi connectivity index (χ2n) is 6.06. The molecule has 1 N–H and O–H groups in total. The van der Waals surface area contributed by atoms with Crippen LogP contribution >= 0.6 is 0 Å². The normalized spacial score (nSPS) is 22.0. The highest BCUT2D eigenvalue weighted by Crippen LogP contribution is 2.36. The zero-order valence-corrected chi connectivity index (χ0v) is 13.2. The van der Waals surface area contributed by atoms with Gasteiger partial charge in [-0.05, 0) is 18.1 Å². The van der Waals surface area contributed by atoms with E-state index in [1.807, 2.05) is 67.6 Å². The van der Waals surface area contributed by atoms with E-state index in [1.54, 1.807) is 4.90 Å². The lowest BCUT2D eigenvalue weighted by Gasteiger charge is -2.38. The highest BCUT2D eigenvalue weighted by molar-refractivity contribution is 5.72. The van der Waals surface area contributed by atoms with Gasteiger partial charge in [0, 0.05) is 6.42 Å². The predicted molar refractivity (Wildman–Crippen MR) is 88.0 cm³/mol. The van der Waals surface area contributed by atoms with Crippen molar-refractivity contribution in [1.82, 2.24) is 4.90 Å². The molecule has 1 aliphatic heterocycles. The van der Waals surface area contributed by atoms with Gasteiger partial charge in [-0.25, -0.2) is 4.79 Å². The van der Waals surface area contributed by atoms with Gasteiger partial charge in [0.05, 0.1) is 12.6 Å². The van der Waals surface area contributed by atoms with Crippen LogP contribution in [-0.2, 0) is 11.2 Å². The number of amides is 1. The van der Waals surface area contributed by atoms with E-state index in [9.17, 15) is 9.90 Å². The van der Waals surface area contributed by atoms with Crippen LogP contribution in [0.15, 0.2) is 60.7 Å². The summed E-state index contributed by atoms with van der Waals surface area (Å²) in [7, 11) is 0. The van der Waals surface area contributed by atoms with E-state index in [1.165, 1.54) is 0 Å². The number of hydrogen-bond acceptors (Lipinski definition) is 3. The monoisotopic (exact) mass is 311 g/mol. The molecule has 0 aliphatic carbocycles. The molecule has 2 aromatic rings. The molecular formula is C19H21NO3. The third kappa shape index (κ3) is 2.94. The lowest BCUT2D eigenvalue weighted by atomic mass is 9.89. The Labute approximate surface area is 136 Å². The van der Waals surface area contributed by atoms with Crippen LogP contribution in [0.3, 0.4) is 0 Å². The molecule has 1 aliphatic rings. The smallest absolute Gasteiger partial charge is 0.411 e. The number of benzene rings is 2. The molecule has 1 heterocycles. The van der Waals surface area contributed by atoms with Crippen molar-refractivity contribution >= 4 is 6.09 Å². The summed E-state index contributed by atoms with van der Waals surface area (Å²) in [6.45, 7) is 2.04. The largest absolute Gasteiger partial charge is 0.447 e. The number of aliphatic hydroxyl groups excluding tert-OH is 1. The number of nitrogens with zero attached hydrogens (tertiary/aromatic N) is 1. The molecule has 1 amide bonds. The fourth-order valence-electron chi connectivity index (χ4n) is 3.27. The standard InChI is InChI=1S/C19H21NO3/c1-15(17-10-6-3-7-11-17)20-18(22)23-14-19(20,13-21)12-16-8-4-2-5-9-16/h2-11,15,21H,12-14H2,1H3/t15-,19+/m1/s1. The number of carbonyl (C=O) groups excluding carboxylic acids is 1. The average molecular weight is 311 g/mol. The minimum Gasteiger partial charge on any atom is -0.447 e. The van der Waals surface area contributed by atoms with Gasteiger partial charge in [0.1, 0.15) is 12.1 Å². The van der Waals surface area contributed by atoms with E-state index in [2.05, 4.69) is 0 Å². The minimum atomic E-state index is -0.728. The number of ether oxygens (including phenoxy) is 1. The molecule has 120 valence electrons. The number of aliphatic hydroxyl groups is 1. The van der Waals surface area contributed by atoms with Crippen LogP contribution in [0.5, 0.6) is 0 Å². The summed E-state index contributed by atoms with van der Waals surface area (Å²) in [6, 6.07) is 19.5. The molecule has 2 atom stereocenters. The number of rotatable bonds is 5. The van der Waals surface area contributed by atoms with Crippen molar-refractivity contribution in [2.45, 2.75) is 24.9 Å². The maximum Gasteiger partial charge on any atom is 0.411 e. The fraction of sp³-hybridized carbons (Fsp3) is 0.316. The molecule has 1 saturated heterocycles. The van der Waals surface area contributed by atoms with Crippen molar-refractivity contribution in [2.24, 2.45) is 0 Å². The zero-order valence-electron chi connectivity index (χ0n) is 13.2. The predicted octanol–water partition coefficient (Wildman–Crippen LogP) is 3.17.